The van der Waals surface area contributed by atoms with Gasteiger partial charge < -0.3 is 20.0 Å². The van der Waals surface area contributed by atoms with Crippen LogP contribution in [0.3, 0.4) is 0 Å². The van der Waals surface area contributed by atoms with Crippen molar-refractivity contribution in [2.75, 3.05) is 49.5 Å². The number of anilines is 2. The highest BCUT2D eigenvalue weighted by Gasteiger charge is 2.28. The van der Waals surface area contributed by atoms with Crippen LogP contribution in [0.5, 0.6) is 0 Å². The highest BCUT2D eigenvalue weighted by Crippen LogP contribution is 2.34. The third-order valence-corrected chi connectivity index (χ3v) is 8.73. The number of halogens is 2. The number of pyridine rings is 1. The lowest BCUT2D eigenvalue weighted by molar-refractivity contribution is 0.0644. The van der Waals surface area contributed by atoms with Gasteiger partial charge in [0.1, 0.15) is 5.82 Å². The molecule has 3 aliphatic rings. The van der Waals surface area contributed by atoms with E-state index in [-0.39, 0.29) is 5.91 Å². The molecule has 1 aromatic heterocycles. The average Bonchev–Trinajstić information content (AvgIpc) is 3.50. The Morgan fingerprint density at radius 3 is 2.45 bits per heavy atom. The summed E-state index contributed by atoms with van der Waals surface area (Å²) in [5, 5.41) is 4.78. The number of nitrogens with zero attached hydrogens (tertiary/aromatic N) is 4. The first-order valence-corrected chi connectivity index (χ1v) is 14.4. The summed E-state index contributed by atoms with van der Waals surface area (Å²) in [4.78, 5) is 24.8. The van der Waals surface area contributed by atoms with Crippen molar-refractivity contribution < 1.29 is 4.79 Å². The van der Waals surface area contributed by atoms with Crippen molar-refractivity contribution in [1.29, 1.82) is 0 Å². The predicted octanol–water partition coefficient (Wildman–Crippen LogP) is 6.19. The number of aromatic nitrogens is 1. The largest absolute Gasteiger partial charge is 0.367 e. The maximum atomic E-state index is 13.2. The Morgan fingerprint density at radius 1 is 0.921 bits per heavy atom. The van der Waals surface area contributed by atoms with Gasteiger partial charge in [0, 0.05) is 66.1 Å². The van der Waals surface area contributed by atoms with E-state index < -0.39 is 0 Å². The Kier molecular flexibility index (Phi) is 7.46. The lowest BCUT2D eigenvalue weighted by Crippen LogP contribution is -2.45. The fourth-order valence-electron chi connectivity index (χ4n) is 5.98. The summed E-state index contributed by atoms with van der Waals surface area (Å²) in [5.41, 5.74) is 4.82. The second-order valence-corrected chi connectivity index (χ2v) is 11.4. The molecule has 0 saturated carbocycles. The van der Waals surface area contributed by atoms with Crippen LogP contribution in [0.2, 0.25) is 10.0 Å². The molecular weight excluding hydrogens is 517 g/mol. The number of carbonyl (C=O) groups excluding carboxylic acids is 1. The fraction of sp³-hybridized carbons (Fsp3) is 0.400. The summed E-state index contributed by atoms with van der Waals surface area (Å²) in [6.45, 7) is 6.43. The number of nitrogens with one attached hydrogen (secondary N) is 1. The molecule has 0 spiro atoms. The van der Waals surface area contributed by atoms with Gasteiger partial charge in [-0.1, -0.05) is 35.3 Å². The molecule has 2 fully saturated rings. The van der Waals surface area contributed by atoms with E-state index in [0.717, 1.165) is 72.8 Å². The SMILES string of the molecule is O=C(c1ccc(-c2cnc3c(c2)N(Cc2cc(Cl)ccc2Cl)CCN3)cc1)N1CCC(N2CCCC2)CC1. The number of piperidine rings is 1. The van der Waals surface area contributed by atoms with E-state index in [1.807, 2.05) is 53.6 Å². The van der Waals surface area contributed by atoms with Crippen LogP contribution in [0.25, 0.3) is 11.1 Å². The molecule has 2 saturated heterocycles. The van der Waals surface area contributed by atoms with Crippen LogP contribution in [0.1, 0.15) is 41.6 Å². The third-order valence-electron chi connectivity index (χ3n) is 8.13. The topological polar surface area (TPSA) is 51.7 Å². The molecule has 8 heteroatoms. The minimum absolute atomic E-state index is 0.133. The van der Waals surface area contributed by atoms with Crippen LogP contribution in [0.15, 0.2) is 54.7 Å². The number of amides is 1. The van der Waals surface area contributed by atoms with E-state index in [1.165, 1.54) is 25.9 Å². The summed E-state index contributed by atoms with van der Waals surface area (Å²) in [6, 6.07) is 16.3. The zero-order chi connectivity index (χ0) is 26.1. The first-order chi connectivity index (χ1) is 18.5. The lowest BCUT2D eigenvalue weighted by Gasteiger charge is -2.36. The molecule has 6 nitrogen and oxygen atoms in total. The molecule has 0 aliphatic carbocycles. The van der Waals surface area contributed by atoms with Crippen molar-refractivity contribution in [1.82, 2.24) is 14.8 Å². The normalized spacial score (nSPS) is 18.4. The van der Waals surface area contributed by atoms with Gasteiger partial charge in [0.05, 0.1) is 5.69 Å². The predicted molar refractivity (Wildman–Crippen MR) is 155 cm³/mol. The van der Waals surface area contributed by atoms with Crippen molar-refractivity contribution in [3.63, 3.8) is 0 Å². The summed E-state index contributed by atoms with van der Waals surface area (Å²) in [5.74, 6) is 0.996. The maximum absolute atomic E-state index is 13.2. The summed E-state index contributed by atoms with van der Waals surface area (Å²) in [6.07, 6.45) is 6.68. The van der Waals surface area contributed by atoms with Crippen LogP contribution < -0.4 is 10.2 Å². The number of fused-ring (bicyclic) bond motifs is 1. The Labute approximate surface area is 234 Å². The van der Waals surface area contributed by atoms with Gasteiger partial charge in [-0.25, -0.2) is 4.98 Å². The van der Waals surface area contributed by atoms with E-state index in [9.17, 15) is 4.79 Å². The van der Waals surface area contributed by atoms with Crippen LogP contribution in [0.4, 0.5) is 11.5 Å². The van der Waals surface area contributed by atoms with E-state index in [1.54, 1.807) is 0 Å². The number of carbonyl (C=O) groups is 1. The molecule has 198 valence electrons. The van der Waals surface area contributed by atoms with Gasteiger partial charge in [-0.3, -0.25) is 4.79 Å². The number of hydrogen-bond acceptors (Lipinski definition) is 5. The van der Waals surface area contributed by atoms with Gasteiger partial charge in [-0.15, -0.1) is 0 Å². The second kappa shape index (κ2) is 11.1. The van der Waals surface area contributed by atoms with Gasteiger partial charge >= 0.3 is 0 Å². The first kappa shape index (κ1) is 25.5. The van der Waals surface area contributed by atoms with E-state index in [0.29, 0.717) is 22.6 Å². The summed E-state index contributed by atoms with van der Waals surface area (Å²) >= 11 is 12.7. The van der Waals surface area contributed by atoms with Crippen molar-refractivity contribution in [2.45, 2.75) is 38.3 Å². The molecule has 0 atom stereocenters. The first-order valence-electron chi connectivity index (χ1n) is 13.6. The minimum atomic E-state index is 0.133. The van der Waals surface area contributed by atoms with Gasteiger partial charge in [0.15, 0.2) is 0 Å². The van der Waals surface area contributed by atoms with Crippen LogP contribution in [-0.4, -0.2) is 66.0 Å². The molecular formula is C30H33Cl2N5O. The number of rotatable bonds is 5. The molecule has 0 radical (unpaired) electrons. The molecule has 4 heterocycles. The lowest BCUT2D eigenvalue weighted by atomic mass is 10.0. The van der Waals surface area contributed by atoms with Crippen molar-refractivity contribution >= 4 is 40.6 Å². The highest BCUT2D eigenvalue weighted by atomic mass is 35.5. The zero-order valence-electron chi connectivity index (χ0n) is 21.5. The van der Waals surface area contributed by atoms with E-state index in [2.05, 4.69) is 21.2 Å². The Hall–Kier alpha value is -2.80. The average molecular weight is 551 g/mol. The quantitative estimate of drug-likeness (QED) is 0.411. The molecule has 0 unspecified atom stereocenters. The summed E-state index contributed by atoms with van der Waals surface area (Å²) < 4.78 is 0. The number of benzene rings is 2. The van der Waals surface area contributed by atoms with Crippen molar-refractivity contribution in [3.05, 3.63) is 75.9 Å². The molecule has 6 rings (SSSR count). The number of likely N-dealkylation sites (tertiary alicyclic amines) is 2. The third kappa shape index (κ3) is 5.35. The second-order valence-electron chi connectivity index (χ2n) is 10.5. The summed E-state index contributed by atoms with van der Waals surface area (Å²) in [7, 11) is 0. The number of hydrogen-bond donors (Lipinski definition) is 1. The van der Waals surface area contributed by atoms with Gasteiger partial charge in [-0.2, -0.15) is 0 Å². The zero-order valence-corrected chi connectivity index (χ0v) is 23.0. The van der Waals surface area contributed by atoms with Crippen LogP contribution >= 0.6 is 23.2 Å². The Bertz CT molecular complexity index is 1300. The van der Waals surface area contributed by atoms with Gasteiger partial charge in [-0.05, 0) is 86.3 Å². The monoisotopic (exact) mass is 549 g/mol. The Morgan fingerprint density at radius 2 is 1.68 bits per heavy atom. The molecule has 3 aliphatic heterocycles. The molecule has 1 amide bonds. The fourth-order valence-corrected chi connectivity index (χ4v) is 6.35. The molecule has 1 N–H and O–H groups in total. The molecule has 2 aromatic carbocycles. The van der Waals surface area contributed by atoms with Crippen molar-refractivity contribution in [2.24, 2.45) is 0 Å². The Balaban J connectivity index is 1.15. The maximum Gasteiger partial charge on any atom is 0.253 e. The van der Waals surface area contributed by atoms with E-state index in [4.69, 9.17) is 28.2 Å². The van der Waals surface area contributed by atoms with Crippen LogP contribution in [-0.2, 0) is 6.54 Å². The molecule has 38 heavy (non-hydrogen) atoms. The smallest absolute Gasteiger partial charge is 0.253 e. The standard InChI is InChI=1S/C30H33Cl2N5O/c31-25-7-8-27(32)24(17-25)20-37-16-11-33-29-28(37)18-23(19-34-29)21-3-5-22(6-4-21)30(38)36-14-9-26(10-15-36)35-12-1-2-13-35/h3-8,17-19,26H,1-2,9-16,20H2,(H,33,34). The highest BCUT2D eigenvalue weighted by molar-refractivity contribution is 6.33. The van der Waals surface area contributed by atoms with Gasteiger partial charge in [0.25, 0.3) is 5.91 Å². The molecule has 3 aromatic rings. The van der Waals surface area contributed by atoms with Gasteiger partial charge in [0.2, 0.25) is 0 Å². The van der Waals surface area contributed by atoms with Crippen LogP contribution in [0, 0.1) is 0 Å². The van der Waals surface area contributed by atoms with E-state index >= 15 is 0 Å². The van der Waals surface area contributed by atoms with Crippen molar-refractivity contribution in [3.8, 4) is 11.1 Å². The molecule has 0 bridgehead atoms. The minimum Gasteiger partial charge on any atom is -0.367 e.